The largest absolute Gasteiger partial charge is 0.381 e. The van der Waals surface area contributed by atoms with Crippen LogP contribution in [0.2, 0.25) is 0 Å². The van der Waals surface area contributed by atoms with Gasteiger partial charge in [0.05, 0.1) is 5.60 Å². The lowest BCUT2D eigenvalue weighted by Gasteiger charge is -2.46. The molecular weight excluding hydrogens is 364 g/mol. The summed E-state index contributed by atoms with van der Waals surface area (Å²) >= 11 is 0. The molecule has 1 unspecified atom stereocenters. The van der Waals surface area contributed by atoms with Gasteiger partial charge in [-0.15, -0.1) is 0 Å². The van der Waals surface area contributed by atoms with Crippen LogP contribution in [-0.2, 0) is 9.47 Å². The molecule has 5 nitrogen and oxygen atoms in total. The topological polar surface area (TPSA) is 50.8 Å². The number of hydrogen-bond donors (Lipinski definition) is 1. The number of hydrogen-bond acceptors (Lipinski definition) is 3. The van der Waals surface area contributed by atoms with Crippen LogP contribution in [0.15, 0.2) is 18.2 Å². The molecule has 2 aliphatic heterocycles. The molecule has 0 radical (unpaired) electrons. The molecule has 3 fully saturated rings. The van der Waals surface area contributed by atoms with Gasteiger partial charge in [0, 0.05) is 38.6 Å². The first-order chi connectivity index (χ1) is 14.0. The van der Waals surface area contributed by atoms with E-state index in [9.17, 15) is 4.79 Å². The summed E-state index contributed by atoms with van der Waals surface area (Å²) < 4.78 is 12.1. The van der Waals surface area contributed by atoms with E-state index in [2.05, 4.69) is 25.2 Å². The Morgan fingerprint density at radius 1 is 1.17 bits per heavy atom. The maximum atomic E-state index is 12.7. The van der Waals surface area contributed by atoms with E-state index in [0.29, 0.717) is 5.92 Å². The van der Waals surface area contributed by atoms with Crippen molar-refractivity contribution < 1.29 is 14.3 Å². The molecule has 1 spiro atoms. The number of benzene rings is 1. The number of urea groups is 1. The Bertz CT molecular complexity index is 708. The Balaban J connectivity index is 1.23. The predicted molar refractivity (Wildman–Crippen MR) is 115 cm³/mol. The SMILES string of the molecule is Cc1ccc(NC(=O)N2CCC3(CC2)CC(CCOCC2CC2)CCO3)cc1C. The summed E-state index contributed by atoms with van der Waals surface area (Å²) in [6.45, 7) is 8.39. The van der Waals surface area contributed by atoms with Crippen molar-refractivity contribution >= 4 is 11.7 Å². The second-order valence-corrected chi connectivity index (χ2v) is 9.41. The zero-order valence-electron chi connectivity index (χ0n) is 18.0. The van der Waals surface area contributed by atoms with Gasteiger partial charge in [-0.25, -0.2) is 4.79 Å². The Morgan fingerprint density at radius 2 is 1.97 bits per heavy atom. The molecule has 2 heterocycles. The molecule has 0 bridgehead atoms. The number of ether oxygens (including phenoxy) is 2. The molecule has 160 valence electrons. The smallest absolute Gasteiger partial charge is 0.321 e. The molecule has 2 saturated heterocycles. The minimum absolute atomic E-state index is 0.00365. The second kappa shape index (κ2) is 9.05. The molecule has 1 aromatic carbocycles. The average Bonchev–Trinajstić information content (AvgIpc) is 3.53. The van der Waals surface area contributed by atoms with Crippen molar-refractivity contribution in [1.82, 2.24) is 4.90 Å². The zero-order valence-corrected chi connectivity index (χ0v) is 18.0. The Kier molecular flexibility index (Phi) is 6.45. The van der Waals surface area contributed by atoms with Crippen LogP contribution in [0.4, 0.5) is 10.5 Å². The van der Waals surface area contributed by atoms with Crippen LogP contribution >= 0.6 is 0 Å². The van der Waals surface area contributed by atoms with E-state index < -0.39 is 0 Å². The molecule has 1 saturated carbocycles. The van der Waals surface area contributed by atoms with Crippen LogP contribution in [-0.4, -0.2) is 49.4 Å². The third kappa shape index (κ3) is 5.52. The molecule has 4 rings (SSSR count). The first-order valence-corrected chi connectivity index (χ1v) is 11.4. The first kappa shape index (κ1) is 20.7. The van der Waals surface area contributed by atoms with E-state index >= 15 is 0 Å². The highest BCUT2D eigenvalue weighted by Crippen LogP contribution is 2.39. The molecule has 1 aromatic rings. The van der Waals surface area contributed by atoms with Gasteiger partial charge in [0.15, 0.2) is 0 Å². The summed E-state index contributed by atoms with van der Waals surface area (Å²) in [4.78, 5) is 14.6. The highest BCUT2D eigenvalue weighted by molar-refractivity contribution is 5.89. The lowest BCUT2D eigenvalue weighted by molar-refractivity contribution is -0.125. The highest BCUT2D eigenvalue weighted by Gasteiger charge is 2.41. The molecular formula is C24H36N2O3. The summed E-state index contributed by atoms with van der Waals surface area (Å²) in [6.07, 6.45) is 7.99. The van der Waals surface area contributed by atoms with Crippen molar-refractivity contribution in [2.45, 2.75) is 64.4 Å². The number of piperidine rings is 1. The summed E-state index contributed by atoms with van der Waals surface area (Å²) in [5.41, 5.74) is 3.28. The van der Waals surface area contributed by atoms with Crippen LogP contribution in [0.5, 0.6) is 0 Å². The third-order valence-corrected chi connectivity index (χ3v) is 7.04. The predicted octanol–water partition coefficient (Wildman–Crippen LogP) is 4.91. The van der Waals surface area contributed by atoms with Gasteiger partial charge in [0.25, 0.3) is 0 Å². The second-order valence-electron chi connectivity index (χ2n) is 9.41. The number of amides is 2. The number of nitrogens with one attached hydrogen (secondary N) is 1. The molecule has 29 heavy (non-hydrogen) atoms. The van der Waals surface area contributed by atoms with Crippen LogP contribution in [0, 0.1) is 25.7 Å². The minimum atomic E-state index is -0.0311. The summed E-state index contributed by atoms with van der Waals surface area (Å²) in [6, 6.07) is 6.08. The maximum Gasteiger partial charge on any atom is 0.321 e. The Labute approximate surface area is 175 Å². The van der Waals surface area contributed by atoms with Crippen molar-refractivity contribution in [3.05, 3.63) is 29.3 Å². The highest BCUT2D eigenvalue weighted by atomic mass is 16.5. The summed E-state index contributed by atoms with van der Waals surface area (Å²) in [5, 5.41) is 3.06. The molecule has 2 amide bonds. The standard InChI is InChI=1S/C24H36N2O3/c1-18-3-6-22(15-19(18)2)25-23(27)26-11-9-24(10-12-26)16-20(8-14-29-24)7-13-28-17-21-4-5-21/h3,6,15,20-21H,4-5,7-14,16-17H2,1-2H3,(H,25,27). The van der Waals surface area contributed by atoms with E-state index in [1.807, 2.05) is 17.0 Å². The molecule has 3 aliphatic rings. The number of likely N-dealkylation sites (tertiary alicyclic amines) is 1. The van der Waals surface area contributed by atoms with Crippen molar-refractivity contribution in [3.63, 3.8) is 0 Å². The third-order valence-electron chi connectivity index (χ3n) is 7.04. The van der Waals surface area contributed by atoms with Crippen LogP contribution in [0.3, 0.4) is 0 Å². The zero-order chi connectivity index (χ0) is 20.3. The van der Waals surface area contributed by atoms with E-state index in [0.717, 1.165) is 76.6 Å². The minimum Gasteiger partial charge on any atom is -0.381 e. The monoisotopic (exact) mass is 400 g/mol. The number of rotatable bonds is 6. The van der Waals surface area contributed by atoms with Crippen LogP contribution in [0.25, 0.3) is 0 Å². The van der Waals surface area contributed by atoms with Crippen LogP contribution in [0.1, 0.15) is 56.1 Å². The van der Waals surface area contributed by atoms with Crippen molar-refractivity contribution in [2.75, 3.05) is 38.2 Å². The summed E-state index contributed by atoms with van der Waals surface area (Å²) in [5.74, 6) is 1.54. The van der Waals surface area contributed by atoms with Gasteiger partial charge in [0.1, 0.15) is 0 Å². The van der Waals surface area contributed by atoms with Gasteiger partial charge in [-0.05, 0) is 93.9 Å². The normalized spacial score (nSPS) is 23.9. The molecule has 1 N–H and O–H groups in total. The van der Waals surface area contributed by atoms with Gasteiger partial charge in [-0.2, -0.15) is 0 Å². The Morgan fingerprint density at radius 3 is 2.69 bits per heavy atom. The fourth-order valence-corrected chi connectivity index (χ4v) is 4.65. The lowest BCUT2D eigenvalue weighted by Crippen LogP contribution is -2.51. The van der Waals surface area contributed by atoms with Gasteiger partial charge in [-0.3, -0.25) is 0 Å². The van der Waals surface area contributed by atoms with E-state index in [-0.39, 0.29) is 11.6 Å². The van der Waals surface area contributed by atoms with Crippen molar-refractivity contribution in [3.8, 4) is 0 Å². The average molecular weight is 401 g/mol. The molecule has 1 aliphatic carbocycles. The summed E-state index contributed by atoms with van der Waals surface area (Å²) in [7, 11) is 0. The van der Waals surface area contributed by atoms with E-state index in [1.165, 1.54) is 24.0 Å². The maximum absolute atomic E-state index is 12.7. The number of nitrogens with zero attached hydrogens (tertiary/aromatic N) is 1. The van der Waals surface area contributed by atoms with Gasteiger partial charge in [-0.1, -0.05) is 6.07 Å². The first-order valence-electron chi connectivity index (χ1n) is 11.4. The fraction of sp³-hybridized carbons (Fsp3) is 0.708. The van der Waals surface area contributed by atoms with Gasteiger partial charge >= 0.3 is 6.03 Å². The molecule has 0 aromatic heterocycles. The molecule has 1 atom stereocenters. The van der Waals surface area contributed by atoms with E-state index in [1.54, 1.807) is 0 Å². The van der Waals surface area contributed by atoms with Gasteiger partial charge < -0.3 is 19.7 Å². The van der Waals surface area contributed by atoms with Crippen molar-refractivity contribution in [2.24, 2.45) is 11.8 Å². The van der Waals surface area contributed by atoms with Crippen molar-refractivity contribution in [1.29, 1.82) is 0 Å². The fourth-order valence-electron chi connectivity index (χ4n) is 4.65. The number of carbonyl (C=O) groups is 1. The van der Waals surface area contributed by atoms with E-state index in [4.69, 9.17) is 9.47 Å². The lowest BCUT2D eigenvalue weighted by atomic mass is 9.78. The Hall–Kier alpha value is -1.59. The molecule has 5 heteroatoms. The van der Waals surface area contributed by atoms with Crippen LogP contribution < -0.4 is 5.32 Å². The number of aryl methyl sites for hydroxylation is 2. The quantitative estimate of drug-likeness (QED) is 0.690. The van der Waals surface area contributed by atoms with Gasteiger partial charge in [0.2, 0.25) is 0 Å². The number of carbonyl (C=O) groups excluding carboxylic acids is 1. The number of anilines is 1.